The summed E-state index contributed by atoms with van der Waals surface area (Å²) in [5.41, 5.74) is 1.34. The number of nitriles is 1. The Morgan fingerprint density at radius 3 is 2.06 bits per heavy atom. The molecule has 0 fully saturated rings. The van der Waals surface area contributed by atoms with Crippen LogP contribution in [0.1, 0.15) is 5.56 Å². The zero-order valence-corrected chi connectivity index (χ0v) is 8.24. The molecule has 2 aromatic carbocycles. The van der Waals surface area contributed by atoms with Crippen LogP contribution in [-0.4, -0.2) is 0 Å². The molecule has 0 aliphatic rings. The Morgan fingerprint density at radius 1 is 0.875 bits per heavy atom. The SMILES string of the molecule is N#Cc1ccc(-c2ccc(F)cc2)cc1F. The topological polar surface area (TPSA) is 23.8 Å². The van der Waals surface area contributed by atoms with Gasteiger partial charge in [0.15, 0.2) is 0 Å². The van der Waals surface area contributed by atoms with E-state index in [0.717, 1.165) is 0 Å². The third kappa shape index (κ3) is 1.91. The van der Waals surface area contributed by atoms with E-state index in [1.54, 1.807) is 24.3 Å². The van der Waals surface area contributed by atoms with Gasteiger partial charge in [-0.2, -0.15) is 5.26 Å². The molecule has 0 heterocycles. The molecular formula is C13H7F2N. The molecule has 78 valence electrons. The second-order valence-electron chi connectivity index (χ2n) is 3.31. The van der Waals surface area contributed by atoms with Crippen LogP contribution < -0.4 is 0 Å². The molecule has 0 N–H and O–H groups in total. The number of benzene rings is 2. The summed E-state index contributed by atoms with van der Waals surface area (Å²) >= 11 is 0. The highest BCUT2D eigenvalue weighted by atomic mass is 19.1. The summed E-state index contributed by atoms with van der Waals surface area (Å²) in [6.07, 6.45) is 0. The van der Waals surface area contributed by atoms with E-state index in [1.807, 2.05) is 0 Å². The zero-order chi connectivity index (χ0) is 11.5. The molecule has 2 aromatic rings. The zero-order valence-electron chi connectivity index (χ0n) is 8.24. The van der Waals surface area contributed by atoms with Gasteiger partial charge in [0.05, 0.1) is 5.56 Å². The highest BCUT2D eigenvalue weighted by molar-refractivity contribution is 5.64. The predicted molar refractivity (Wildman–Crippen MR) is 56.5 cm³/mol. The van der Waals surface area contributed by atoms with Gasteiger partial charge in [-0.05, 0) is 35.4 Å². The lowest BCUT2D eigenvalue weighted by molar-refractivity contribution is 0.624. The molecule has 0 bridgehead atoms. The van der Waals surface area contributed by atoms with Gasteiger partial charge in [-0.3, -0.25) is 0 Å². The first kappa shape index (κ1) is 10.3. The van der Waals surface area contributed by atoms with E-state index in [1.165, 1.54) is 24.3 Å². The second kappa shape index (κ2) is 4.11. The van der Waals surface area contributed by atoms with Gasteiger partial charge in [0.2, 0.25) is 0 Å². The largest absolute Gasteiger partial charge is 0.207 e. The highest BCUT2D eigenvalue weighted by Gasteiger charge is 2.04. The first-order valence-corrected chi connectivity index (χ1v) is 4.66. The van der Waals surface area contributed by atoms with Crippen molar-refractivity contribution in [2.24, 2.45) is 0 Å². The van der Waals surface area contributed by atoms with E-state index in [2.05, 4.69) is 0 Å². The Labute approximate surface area is 91.6 Å². The molecule has 0 amide bonds. The van der Waals surface area contributed by atoms with E-state index in [9.17, 15) is 8.78 Å². The Hall–Kier alpha value is -2.21. The molecule has 0 spiro atoms. The van der Waals surface area contributed by atoms with Crippen molar-refractivity contribution in [3.05, 3.63) is 59.7 Å². The lowest BCUT2D eigenvalue weighted by atomic mass is 10.0. The average Bonchev–Trinajstić information content (AvgIpc) is 2.30. The summed E-state index contributed by atoms with van der Waals surface area (Å²) in [6, 6.07) is 11.8. The quantitative estimate of drug-likeness (QED) is 0.714. The molecule has 16 heavy (non-hydrogen) atoms. The van der Waals surface area contributed by atoms with Gasteiger partial charge in [0.1, 0.15) is 17.7 Å². The van der Waals surface area contributed by atoms with Crippen molar-refractivity contribution in [3.8, 4) is 17.2 Å². The van der Waals surface area contributed by atoms with Crippen molar-refractivity contribution in [1.29, 1.82) is 5.26 Å². The number of nitrogens with zero attached hydrogens (tertiary/aromatic N) is 1. The third-order valence-electron chi connectivity index (χ3n) is 2.27. The number of rotatable bonds is 1. The van der Waals surface area contributed by atoms with E-state index in [-0.39, 0.29) is 11.4 Å². The maximum atomic E-state index is 13.3. The van der Waals surface area contributed by atoms with Crippen LogP contribution in [0.25, 0.3) is 11.1 Å². The fourth-order valence-electron chi connectivity index (χ4n) is 1.43. The van der Waals surface area contributed by atoms with Crippen LogP contribution in [0.3, 0.4) is 0 Å². The molecule has 0 aromatic heterocycles. The van der Waals surface area contributed by atoms with Crippen LogP contribution in [-0.2, 0) is 0 Å². The third-order valence-corrected chi connectivity index (χ3v) is 2.27. The van der Waals surface area contributed by atoms with Crippen molar-refractivity contribution < 1.29 is 8.78 Å². The Morgan fingerprint density at radius 2 is 1.50 bits per heavy atom. The van der Waals surface area contributed by atoms with E-state index < -0.39 is 5.82 Å². The van der Waals surface area contributed by atoms with Gasteiger partial charge in [-0.25, -0.2) is 8.78 Å². The molecule has 0 unspecified atom stereocenters. The molecule has 2 rings (SSSR count). The van der Waals surface area contributed by atoms with Gasteiger partial charge in [-0.1, -0.05) is 18.2 Å². The van der Waals surface area contributed by atoms with Gasteiger partial charge in [0.25, 0.3) is 0 Å². The lowest BCUT2D eigenvalue weighted by Crippen LogP contribution is -1.85. The second-order valence-corrected chi connectivity index (χ2v) is 3.31. The average molecular weight is 215 g/mol. The van der Waals surface area contributed by atoms with Gasteiger partial charge in [0, 0.05) is 0 Å². The maximum Gasteiger partial charge on any atom is 0.141 e. The van der Waals surface area contributed by atoms with Gasteiger partial charge < -0.3 is 0 Å². The van der Waals surface area contributed by atoms with E-state index in [4.69, 9.17) is 5.26 Å². The number of hydrogen-bond donors (Lipinski definition) is 0. The summed E-state index contributed by atoms with van der Waals surface area (Å²) in [5, 5.41) is 8.58. The molecule has 3 heteroatoms. The summed E-state index contributed by atoms with van der Waals surface area (Å²) in [6.45, 7) is 0. The van der Waals surface area contributed by atoms with Crippen molar-refractivity contribution in [2.45, 2.75) is 0 Å². The van der Waals surface area contributed by atoms with Crippen molar-refractivity contribution in [3.63, 3.8) is 0 Å². The Balaban J connectivity index is 2.46. The first-order valence-electron chi connectivity index (χ1n) is 4.66. The smallest absolute Gasteiger partial charge is 0.141 e. The lowest BCUT2D eigenvalue weighted by Gasteiger charge is -2.02. The maximum absolute atomic E-state index is 13.3. The van der Waals surface area contributed by atoms with Crippen LogP contribution in [0, 0.1) is 23.0 Å². The molecule has 0 radical (unpaired) electrons. The number of hydrogen-bond acceptors (Lipinski definition) is 1. The monoisotopic (exact) mass is 215 g/mol. The van der Waals surface area contributed by atoms with Crippen LogP contribution >= 0.6 is 0 Å². The summed E-state index contributed by atoms with van der Waals surface area (Å²) < 4.78 is 26.0. The standard InChI is InChI=1S/C13H7F2N/c14-12-5-3-9(4-6-12)10-1-2-11(8-16)13(15)7-10/h1-7H. The first-order chi connectivity index (χ1) is 7.70. The van der Waals surface area contributed by atoms with Crippen molar-refractivity contribution in [1.82, 2.24) is 0 Å². The van der Waals surface area contributed by atoms with Crippen LogP contribution in [0.2, 0.25) is 0 Å². The van der Waals surface area contributed by atoms with Crippen molar-refractivity contribution >= 4 is 0 Å². The van der Waals surface area contributed by atoms with E-state index in [0.29, 0.717) is 11.1 Å². The highest BCUT2D eigenvalue weighted by Crippen LogP contribution is 2.21. The molecule has 0 aliphatic carbocycles. The van der Waals surface area contributed by atoms with Crippen LogP contribution in [0.4, 0.5) is 8.78 Å². The molecule has 0 saturated heterocycles. The van der Waals surface area contributed by atoms with Crippen molar-refractivity contribution in [2.75, 3.05) is 0 Å². The molecular weight excluding hydrogens is 208 g/mol. The van der Waals surface area contributed by atoms with E-state index >= 15 is 0 Å². The Kier molecular flexibility index (Phi) is 2.65. The summed E-state index contributed by atoms with van der Waals surface area (Å²) in [4.78, 5) is 0. The van der Waals surface area contributed by atoms with Gasteiger partial charge >= 0.3 is 0 Å². The minimum absolute atomic E-state index is 0.00543. The minimum atomic E-state index is -0.565. The fourth-order valence-corrected chi connectivity index (χ4v) is 1.43. The van der Waals surface area contributed by atoms with Crippen LogP contribution in [0.15, 0.2) is 42.5 Å². The fraction of sp³-hybridized carbons (Fsp3) is 0. The van der Waals surface area contributed by atoms with Gasteiger partial charge in [-0.15, -0.1) is 0 Å². The minimum Gasteiger partial charge on any atom is -0.207 e. The molecule has 1 nitrogen and oxygen atoms in total. The summed E-state index contributed by atoms with van der Waals surface area (Å²) in [7, 11) is 0. The predicted octanol–water partition coefficient (Wildman–Crippen LogP) is 3.50. The Bertz CT molecular complexity index is 553. The number of halogens is 2. The van der Waals surface area contributed by atoms with Crippen LogP contribution in [0.5, 0.6) is 0 Å². The summed E-state index contributed by atoms with van der Waals surface area (Å²) in [5.74, 6) is -0.901. The molecule has 0 saturated carbocycles. The normalized spacial score (nSPS) is 9.81. The molecule has 0 atom stereocenters. The molecule has 0 aliphatic heterocycles.